The first-order valence-corrected chi connectivity index (χ1v) is 13.0. The van der Waals surface area contributed by atoms with Gasteiger partial charge in [0.1, 0.15) is 6.04 Å². The molecule has 3 N–H and O–H groups in total. The van der Waals surface area contributed by atoms with Crippen LogP contribution in [-0.4, -0.2) is 36.8 Å². The van der Waals surface area contributed by atoms with Crippen LogP contribution in [0.3, 0.4) is 0 Å². The second-order valence-electron chi connectivity index (χ2n) is 7.46. The van der Waals surface area contributed by atoms with E-state index in [-0.39, 0.29) is 5.91 Å². The molecule has 4 rings (SSSR count). The number of halogens is 1. The van der Waals surface area contributed by atoms with Crippen molar-refractivity contribution in [3.05, 3.63) is 71.3 Å². The first kappa shape index (κ1) is 22.6. The predicted octanol–water partition coefficient (Wildman–Crippen LogP) is 3.75. The fraction of sp³-hybridized carbons (Fsp3) is 0.182. The van der Waals surface area contributed by atoms with E-state index < -0.39 is 16.1 Å². The van der Waals surface area contributed by atoms with E-state index in [4.69, 9.17) is 16.4 Å². The number of rotatable bonds is 7. The third kappa shape index (κ3) is 5.24. The van der Waals surface area contributed by atoms with Gasteiger partial charge in [-0.1, -0.05) is 24.3 Å². The Morgan fingerprint density at radius 2 is 2.00 bits per heavy atom. The third-order valence-corrected chi connectivity index (χ3v) is 7.32. The van der Waals surface area contributed by atoms with Gasteiger partial charge in [-0.2, -0.15) is 4.72 Å². The zero-order valence-corrected chi connectivity index (χ0v) is 19.3. The average Bonchev–Trinajstić information content (AvgIpc) is 3.11. The molecule has 1 aromatic heterocycles. The molecule has 0 aliphatic carbocycles. The molecule has 3 aromatic rings. The van der Waals surface area contributed by atoms with Crippen LogP contribution in [0.5, 0.6) is 0 Å². The van der Waals surface area contributed by atoms with Gasteiger partial charge in [0.2, 0.25) is 15.9 Å². The maximum Gasteiger partial charge on any atom is 0.241 e. The molecule has 0 unspecified atom stereocenters. The van der Waals surface area contributed by atoms with Crippen LogP contribution < -0.4 is 10.5 Å². The molecular formula is C22H21ClN4O3S2. The standard InChI is InChI=1S/C22H21ClN4O3S2/c23-31-17-4-1-15(2-5-17)9-12-32(29,30)26-20-8-11-27(22(20)28)14-16-3-6-18-19(24)7-10-25-21(18)13-16/h1-7,9-10,12-13,20,26H,8,11,14H2,(H2,24,25)/t20-/m0/s1. The lowest BCUT2D eigenvalue weighted by molar-refractivity contribution is -0.129. The molecular weight excluding hydrogens is 468 g/mol. The van der Waals surface area contributed by atoms with E-state index in [0.717, 1.165) is 43.3 Å². The number of fused-ring (bicyclic) bond motifs is 1. The van der Waals surface area contributed by atoms with E-state index >= 15 is 0 Å². The summed E-state index contributed by atoms with van der Waals surface area (Å²) in [5, 5.41) is 1.93. The first-order chi connectivity index (χ1) is 15.3. The maximum atomic E-state index is 12.8. The minimum absolute atomic E-state index is 0.244. The Bertz CT molecular complexity index is 1280. The lowest BCUT2D eigenvalue weighted by atomic mass is 10.1. The Morgan fingerprint density at radius 1 is 1.22 bits per heavy atom. The number of pyridine rings is 1. The zero-order valence-electron chi connectivity index (χ0n) is 16.9. The predicted molar refractivity (Wildman–Crippen MR) is 129 cm³/mol. The number of hydrogen-bond acceptors (Lipinski definition) is 6. The molecule has 166 valence electrons. The number of aromatic nitrogens is 1. The van der Waals surface area contributed by atoms with Crippen LogP contribution in [-0.2, 0) is 21.4 Å². The minimum Gasteiger partial charge on any atom is -0.398 e. The fourth-order valence-electron chi connectivity index (χ4n) is 3.58. The van der Waals surface area contributed by atoms with Crippen LogP contribution in [0.2, 0.25) is 0 Å². The Morgan fingerprint density at radius 3 is 2.75 bits per heavy atom. The van der Waals surface area contributed by atoms with Gasteiger partial charge in [0.15, 0.2) is 0 Å². The van der Waals surface area contributed by atoms with E-state index in [9.17, 15) is 13.2 Å². The second-order valence-corrected chi connectivity index (χ2v) is 10.2. The molecule has 1 saturated heterocycles. The van der Waals surface area contributed by atoms with Crippen LogP contribution in [0.25, 0.3) is 17.0 Å². The van der Waals surface area contributed by atoms with Gasteiger partial charge in [-0.3, -0.25) is 9.78 Å². The summed E-state index contributed by atoms with van der Waals surface area (Å²) < 4.78 is 27.4. The van der Waals surface area contributed by atoms with Gasteiger partial charge in [0.25, 0.3) is 0 Å². The SMILES string of the molecule is Nc1ccnc2cc(CN3CC[C@H](NS(=O)(=O)C=Cc4ccc(SCl)cc4)C3=O)ccc12. The van der Waals surface area contributed by atoms with Crippen molar-refractivity contribution in [3.8, 4) is 0 Å². The van der Waals surface area contributed by atoms with Crippen LogP contribution in [0.1, 0.15) is 17.5 Å². The number of hydrogen-bond donors (Lipinski definition) is 2. The highest BCUT2D eigenvalue weighted by atomic mass is 35.7. The molecule has 0 saturated carbocycles. The quantitative estimate of drug-likeness (QED) is 0.524. The number of nitrogens with two attached hydrogens (primary N) is 1. The summed E-state index contributed by atoms with van der Waals surface area (Å²) in [6, 6.07) is 13.8. The molecule has 0 spiro atoms. The highest BCUT2D eigenvalue weighted by Crippen LogP contribution is 2.23. The number of nitrogens with one attached hydrogen (secondary N) is 1. The molecule has 1 atom stereocenters. The lowest BCUT2D eigenvalue weighted by Crippen LogP contribution is -2.40. The lowest BCUT2D eigenvalue weighted by Gasteiger charge is -2.17. The van der Waals surface area contributed by atoms with E-state index in [0.29, 0.717) is 25.2 Å². The topological polar surface area (TPSA) is 105 Å². The first-order valence-electron chi connectivity index (χ1n) is 9.85. The molecule has 2 aromatic carbocycles. The summed E-state index contributed by atoms with van der Waals surface area (Å²) in [6.07, 6.45) is 3.54. The summed E-state index contributed by atoms with van der Waals surface area (Å²) in [5.41, 5.74) is 8.99. The van der Waals surface area contributed by atoms with Crippen LogP contribution in [0.15, 0.2) is 65.0 Å². The van der Waals surface area contributed by atoms with Crippen molar-refractivity contribution in [2.24, 2.45) is 0 Å². The number of benzene rings is 2. The van der Waals surface area contributed by atoms with Gasteiger partial charge >= 0.3 is 0 Å². The Balaban J connectivity index is 1.39. The van der Waals surface area contributed by atoms with E-state index in [1.807, 2.05) is 18.2 Å². The molecule has 10 heteroatoms. The average molecular weight is 489 g/mol. The fourth-order valence-corrected chi connectivity index (χ4v) is 5.15. The number of nitrogens with zero attached hydrogens (tertiary/aromatic N) is 2. The van der Waals surface area contributed by atoms with Crippen LogP contribution in [0, 0.1) is 0 Å². The van der Waals surface area contributed by atoms with Crippen molar-refractivity contribution in [2.75, 3.05) is 12.3 Å². The second kappa shape index (κ2) is 9.50. The minimum atomic E-state index is -3.77. The number of carbonyl (C=O) groups is 1. The summed E-state index contributed by atoms with van der Waals surface area (Å²) in [7, 11) is 3.00. The third-order valence-electron chi connectivity index (χ3n) is 5.23. The number of sulfonamides is 1. The van der Waals surface area contributed by atoms with Crippen molar-refractivity contribution in [1.82, 2.24) is 14.6 Å². The van der Waals surface area contributed by atoms with Gasteiger partial charge in [-0.15, -0.1) is 0 Å². The molecule has 2 heterocycles. The number of anilines is 1. The normalized spacial score (nSPS) is 17.0. The van der Waals surface area contributed by atoms with Crippen LogP contribution in [0.4, 0.5) is 5.69 Å². The molecule has 1 fully saturated rings. The number of carbonyl (C=O) groups excluding carboxylic acids is 1. The van der Waals surface area contributed by atoms with E-state index in [2.05, 4.69) is 9.71 Å². The summed E-state index contributed by atoms with van der Waals surface area (Å²) in [6.45, 7) is 0.847. The van der Waals surface area contributed by atoms with Crippen molar-refractivity contribution in [3.63, 3.8) is 0 Å². The molecule has 7 nitrogen and oxygen atoms in total. The highest BCUT2D eigenvalue weighted by Gasteiger charge is 2.33. The summed E-state index contributed by atoms with van der Waals surface area (Å²) in [4.78, 5) is 19.6. The zero-order chi connectivity index (χ0) is 22.7. The van der Waals surface area contributed by atoms with Gasteiger partial charge in [-0.25, -0.2) is 8.42 Å². The van der Waals surface area contributed by atoms with Crippen molar-refractivity contribution in [2.45, 2.75) is 23.9 Å². The maximum absolute atomic E-state index is 12.8. The molecule has 1 aliphatic rings. The largest absolute Gasteiger partial charge is 0.398 e. The van der Waals surface area contributed by atoms with E-state index in [1.165, 1.54) is 6.08 Å². The summed E-state index contributed by atoms with van der Waals surface area (Å²) in [5.74, 6) is -0.244. The monoisotopic (exact) mass is 488 g/mol. The van der Waals surface area contributed by atoms with E-state index in [1.54, 1.807) is 41.4 Å². The van der Waals surface area contributed by atoms with Gasteiger partial charge in [0, 0.05) is 40.7 Å². The number of likely N-dealkylation sites (tertiary alicyclic amines) is 1. The number of amides is 1. The molecule has 0 radical (unpaired) electrons. The highest BCUT2D eigenvalue weighted by molar-refractivity contribution is 8.21. The molecule has 1 amide bonds. The van der Waals surface area contributed by atoms with Crippen molar-refractivity contribution < 1.29 is 13.2 Å². The Labute approximate surface area is 195 Å². The van der Waals surface area contributed by atoms with Crippen molar-refractivity contribution in [1.29, 1.82) is 0 Å². The van der Waals surface area contributed by atoms with Crippen LogP contribution >= 0.6 is 21.7 Å². The Kier molecular flexibility index (Phi) is 6.71. The van der Waals surface area contributed by atoms with Crippen molar-refractivity contribution >= 4 is 60.3 Å². The smallest absolute Gasteiger partial charge is 0.241 e. The van der Waals surface area contributed by atoms with Gasteiger partial charge < -0.3 is 10.6 Å². The molecule has 0 bridgehead atoms. The molecule has 1 aliphatic heterocycles. The molecule has 32 heavy (non-hydrogen) atoms. The van der Waals surface area contributed by atoms with Gasteiger partial charge in [0.05, 0.1) is 5.52 Å². The number of nitrogen functional groups attached to an aromatic ring is 1. The van der Waals surface area contributed by atoms with Gasteiger partial charge in [-0.05, 0) is 69.5 Å². The Hall–Kier alpha value is -2.59. The summed E-state index contributed by atoms with van der Waals surface area (Å²) >= 11 is 0.